The van der Waals surface area contributed by atoms with Crippen LogP contribution in [0.1, 0.15) is 11.1 Å². The quantitative estimate of drug-likeness (QED) is 0.199. The van der Waals surface area contributed by atoms with E-state index in [-0.39, 0.29) is 0 Å². The summed E-state index contributed by atoms with van der Waals surface area (Å²) in [6, 6.07) is 57.9. The molecule has 1 aliphatic carbocycles. The Morgan fingerprint density at radius 2 is 0.956 bits per heavy atom. The molecule has 0 unspecified atom stereocenters. The topological polar surface area (TPSA) is 9.86 Å². The fourth-order valence-electron chi connectivity index (χ4n) is 7.79. The van der Waals surface area contributed by atoms with Gasteiger partial charge in [0, 0.05) is 33.7 Å². The van der Waals surface area contributed by atoms with Crippen LogP contribution in [0, 0.1) is 0 Å². The molecule has 1 aliphatic rings. The van der Waals surface area contributed by atoms with Crippen molar-refractivity contribution < 1.29 is 0 Å². The van der Waals surface area contributed by atoms with E-state index in [1.165, 1.54) is 88.4 Å². The molecule has 0 saturated heterocycles. The molecular weight excluding hydrogens is 544 g/mol. The van der Waals surface area contributed by atoms with Gasteiger partial charge in [0.05, 0.1) is 27.8 Å². The largest absolute Gasteiger partial charge is 0.309 e. The second kappa shape index (κ2) is 9.32. The molecule has 0 amide bonds. The molecule has 0 bridgehead atoms. The van der Waals surface area contributed by atoms with Gasteiger partial charge < -0.3 is 9.13 Å². The van der Waals surface area contributed by atoms with E-state index < -0.39 is 0 Å². The van der Waals surface area contributed by atoms with Crippen LogP contribution in [-0.4, -0.2) is 9.13 Å². The maximum absolute atomic E-state index is 2.48. The molecule has 10 rings (SSSR count). The van der Waals surface area contributed by atoms with Gasteiger partial charge in [0.25, 0.3) is 0 Å². The summed E-state index contributed by atoms with van der Waals surface area (Å²) in [6.07, 6.45) is 0.962. The van der Waals surface area contributed by atoms with Gasteiger partial charge in [0.2, 0.25) is 0 Å². The van der Waals surface area contributed by atoms with Gasteiger partial charge in [-0.2, -0.15) is 0 Å². The SMILES string of the molecule is c1cc(-c2ccc3c(c2)c2ccccc2n3-c2cccc3c2Cc2ccccc2-3)cc(-n2c3ccccc3c3ccccc32)c1. The lowest BCUT2D eigenvalue weighted by Gasteiger charge is -2.14. The Morgan fingerprint density at radius 3 is 1.73 bits per heavy atom. The molecule has 2 heteroatoms. The molecule has 45 heavy (non-hydrogen) atoms. The molecule has 9 aromatic rings. The highest BCUT2D eigenvalue weighted by Gasteiger charge is 2.23. The van der Waals surface area contributed by atoms with E-state index in [9.17, 15) is 0 Å². The molecule has 2 aromatic heterocycles. The zero-order valence-electron chi connectivity index (χ0n) is 24.6. The van der Waals surface area contributed by atoms with Crippen molar-refractivity contribution in [2.45, 2.75) is 6.42 Å². The van der Waals surface area contributed by atoms with Crippen LogP contribution in [0.2, 0.25) is 0 Å². The predicted octanol–water partition coefficient (Wildman–Crippen LogP) is 11.1. The molecule has 0 N–H and O–H groups in total. The van der Waals surface area contributed by atoms with Crippen LogP contribution in [0.15, 0.2) is 158 Å². The molecular formula is C43H28N2. The maximum atomic E-state index is 2.48. The summed E-state index contributed by atoms with van der Waals surface area (Å²) in [6.45, 7) is 0. The molecule has 0 atom stereocenters. The fraction of sp³-hybridized carbons (Fsp3) is 0.0233. The third-order valence-corrected chi connectivity index (χ3v) is 9.76. The van der Waals surface area contributed by atoms with Gasteiger partial charge in [0.1, 0.15) is 0 Å². The minimum atomic E-state index is 0.962. The molecule has 7 aromatic carbocycles. The molecule has 0 aliphatic heterocycles. The number of aromatic nitrogens is 2. The van der Waals surface area contributed by atoms with Crippen molar-refractivity contribution in [3.63, 3.8) is 0 Å². The van der Waals surface area contributed by atoms with E-state index in [0.29, 0.717) is 0 Å². The molecule has 2 heterocycles. The average molecular weight is 573 g/mol. The van der Waals surface area contributed by atoms with Gasteiger partial charge in [-0.3, -0.25) is 0 Å². The van der Waals surface area contributed by atoms with E-state index in [1.54, 1.807) is 0 Å². The second-order valence-electron chi connectivity index (χ2n) is 12.1. The molecule has 210 valence electrons. The van der Waals surface area contributed by atoms with Crippen LogP contribution in [-0.2, 0) is 6.42 Å². The van der Waals surface area contributed by atoms with Crippen LogP contribution in [0.4, 0.5) is 0 Å². The Hall–Kier alpha value is -5.86. The van der Waals surface area contributed by atoms with E-state index in [4.69, 9.17) is 0 Å². The highest BCUT2D eigenvalue weighted by atomic mass is 15.0. The number of para-hydroxylation sites is 3. The number of hydrogen-bond donors (Lipinski definition) is 0. The first-order valence-electron chi connectivity index (χ1n) is 15.7. The molecule has 0 spiro atoms. The molecule has 0 fully saturated rings. The first kappa shape index (κ1) is 24.6. The number of rotatable bonds is 3. The van der Waals surface area contributed by atoms with Crippen molar-refractivity contribution in [2.75, 3.05) is 0 Å². The van der Waals surface area contributed by atoms with Crippen LogP contribution in [0.25, 0.3) is 77.2 Å². The summed E-state index contributed by atoms with van der Waals surface area (Å²) in [4.78, 5) is 0. The zero-order valence-corrected chi connectivity index (χ0v) is 24.6. The third kappa shape index (κ3) is 3.51. The zero-order chi connectivity index (χ0) is 29.5. The van der Waals surface area contributed by atoms with Crippen LogP contribution < -0.4 is 0 Å². The lowest BCUT2D eigenvalue weighted by atomic mass is 10.0. The Labute approximate surface area is 261 Å². The van der Waals surface area contributed by atoms with Gasteiger partial charge in [-0.05, 0) is 81.9 Å². The van der Waals surface area contributed by atoms with Crippen LogP contribution in [0.3, 0.4) is 0 Å². The average Bonchev–Trinajstić information content (AvgIpc) is 3.76. The summed E-state index contributed by atoms with van der Waals surface area (Å²) in [5, 5.41) is 5.12. The lowest BCUT2D eigenvalue weighted by Crippen LogP contribution is -1.99. The summed E-state index contributed by atoms with van der Waals surface area (Å²) in [7, 11) is 0. The smallest absolute Gasteiger partial charge is 0.0541 e. The highest BCUT2D eigenvalue weighted by molar-refractivity contribution is 6.11. The monoisotopic (exact) mass is 572 g/mol. The van der Waals surface area contributed by atoms with Crippen molar-refractivity contribution in [3.05, 3.63) is 169 Å². The number of nitrogens with zero attached hydrogens (tertiary/aromatic N) is 2. The molecule has 2 nitrogen and oxygen atoms in total. The summed E-state index contributed by atoms with van der Waals surface area (Å²) in [5.41, 5.74) is 15.4. The molecule has 0 saturated carbocycles. The summed E-state index contributed by atoms with van der Waals surface area (Å²) in [5.74, 6) is 0. The Kier molecular flexibility index (Phi) is 5.09. The minimum Gasteiger partial charge on any atom is -0.309 e. The van der Waals surface area contributed by atoms with Gasteiger partial charge in [0.15, 0.2) is 0 Å². The van der Waals surface area contributed by atoms with E-state index in [2.05, 4.69) is 167 Å². The minimum absolute atomic E-state index is 0.962. The van der Waals surface area contributed by atoms with Gasteiger partial charge in [-0.25, -0.2) is 0 Å². The highest BCUT2D eigenvalue weighted by Crippen LogP contribution is 2.43. The number of hydrogen-bond acceptors (Lipinski definition) is 0. The van der Waals surface area contributed by atoms with Crippen molar-refractivity contribution >= 4 is 43.6 Å². The van der Waals surface area contributed by atoms with Crippen molar-refractivity contribution in [1.82, 2.24) is 9.13 Å². The summed E-state index contributed by atoms with van der Waals surface area (Å²) < 4.78 is 4.88. The number of benzene rings is 7. The Balaban J connectivity index is 1.16. The first-order valence-corrected chi connectivity index (χ1v) is 15.7. The standard InChI is InChI=1S/C43H28N2/c1-2-14-32-30(11-1)27-37-33(32)18-10-22-42(37)45-41-21-8-5-17-36(41)38-26-29(23-24-43(38)45)28-12-9-13-31(25-28)44-39-19-6-3-15-34(39)35-16-4-7-20-40(35)44/h1-26H,27H2. The van der Waals surface area contributed by atoms with Crippen molar-refractivity contribution in [2.24, 2.45) is 0 Å². The lowest BCUT2D eigenvalue weighted by molar-refractivity contribution is 1.12. The Morgan fingerprint density at radius 1 is 0.378 bits per heavy atom. The third-order valence-electron chi connectivity index (χ3n) is 9.76. The van der Waals surface area contributed by atoms with Gasteiger partial charge in [-0.15, -0.1) is 0 Å². The van der Waals surface area contributed by atoms with Crippen LogP contribution >= 0.6 is 0 Å². The second-order valence-corrected chi connectivity index (χ2v) is 12.1. The van der Waals surface area contributed by atoms with E-state index in [1.807, 2.05) is 0 Å². The predicted molar refractivity (Wildman–Crippen MR) is 189 cm³/mol. The Bertz CT molecular complexity index is 2580. The first-order chi connectivity index (χ1) is 22.3. The normalized spacial score (nSPS) is 12.4. The fourth-order valence-corrected chi connectivity index (χ4v) is 7.79. The van der Waals surface area contributed by atoms with E-state index in [0.717, 1.165) is 6.42 Å². The molecule has 0 radical (unpaired) electrons. The van der Waals surface area contributed by atoms with Gasteiger partial charge >= 0.3 is 0 Å². The maximum Gasteiger partial charge on any atom is 0.0541 e. The summed E-state index contributed by atoms with van der Waals surface area (Å²) >= 11 is 0. The van der Waals surface area contributed by atoms with Crippen molar-refractivity contribution in [1.29, 1.82) is 0 Å². The van der Waals surface area contributed by atoms with E-state index >= 15 is 0 Å². The number of fused-ring (bicyclic) bond motifs is 9. The van der Waals surface area contributed by atoms with Crippen LogP contribution in [0.5, 0.6) is 0 Å². The van der Waals surface area contributed by atoms with Gasteiger partial charge in [-0.1, -0.05) is 109 Å². The van der Waals surface area contributed by atoms with Crippen molar-refractivity contribution in [3.8, 4) is 33.6 Å².